The summed E-state index contributed by atoms with van der Waals surface area (Å²) in [5.74, 6) is 1.33. The van der Waals surface area contributed by atoms with Crippen LogP contribution in [0.1, 0.15) is 82.2 Å². The Morgan fingerprint density at radius 1 is 1.02 bits per heavy atom. The summed E-state index contributed by atoms with van der Waals surface area (Å²) < 4.78 is 7.28. The second-order valence-electron chi connectivity index (χ2n) is 11.8. The third-order valence-corrected chi connectivity index (χ3v) is 8.50. The van der Waals surface area contributed by atoms with E-state index in [9.17, 15) is 9.59 Å². The molecule has 0 bridgehead atoms. The molecule has 4 aromatic rings. The molecule has 0 unspecified atom stereocenters. The Bertz CT molecular complexity index is 1590. The molecular formula is C36H44N4O4. The van der Waals surface area contributed by atoms with Gasteiger partial charge in [-0.2, -0.15) is 0 Å². The molecule has 1 aliphatic rings. The highest BCUT2D eigenvalue weighted by Gasteiger charge is 2.23. The lowest BCUT2D eigenvalue weighted by Crippen LogP contribution is -2.46. The number of aryl methyl sites for hydroxylation is 2. The molecule has 2 amide bonds. The fourth-order valence-electron chi connectivity index (χ4n) is 6.19. The monoisotopic (exact) mass is 596 g/mol. The summed E-state index contributed by atoms with van der Waals surface area (Å²) in [5.41, 5.74) is 6.67. The van der Waals surface area contributed by atoms with Crippen LogP contribution < -0.4 is 15.0 Å². The maximum absolute atomic E-state index is 13.6. The van der Waals surface area contributed by atoms with Gasteiger partial charge < -0.3 is 19.7 Å². The largest absolute Gasteiger partial charge is 0.511 e. The van der Waals surface area contributed by atoms with Crippen LogP contribution in [-0.4, -0.2) is 39.4 Å². The van der Waals surface area contributed by atoms with E-state index >= 15 is 0 Å². The molecule has 232 valence electrons. The Balaban J connectivity index is 1.47. The molecule has 0 atom stereocenters. The Morgan fingerprint density at radius 3 is 2.48 bits per heavy atom. The summed E-state index contributed by atoms with van der Waals surface area (Å²) >= 11 is 0. The number of rotatable bonds is 11. The number of anilines is 1. The van der Waals surface area contributed by atoms with E-state index in [4.69, 9.17) is 14.8 Å². The first-order valence-corrected chi connectivity index (χ1v) is 16.0. The number of fused-ring (bicyclic) bond motifs is 1. The second kappa shape index (κ2) is 14.4. The highest BCUT2D eigenvalue weighted by Crippen LogP contribution is 2.32. The quantitative estimate of drug-likeness (QED) is 0.133. The predicted molar refractivity (Wildman–Crippen MR) is 176 cm³/mol. The maximum atomic E-state index is 13.6. The number of carbonyl (C=O) groups is 2. The molecule has 8 heteroatoms. The highest BCUT2D eigenvalue weighted by atomic mass is 16.7. The molecule has 1 aliphatic carbocycles. The average molecular weight is 597 g/mol. The van der Waals surface area contributed by atoms with Gasteiger partial charge in [-0.25, -0.2) is 14.6 Å². The molecule has 5 rings (SSSR count). The van der Waals surface area contributed by atoms with E-state index in [-0.39, 0.29) is 12.1 Å². The van der Waals surface area contributed by atoms with Crippen LogP contribution in [0, 0.1) is 6.92 Å². The fraction of sp³-hybridized carbons (Fsp3) is 0.417. The summed E-state index contributed by atoms with van der Waals surface area (Å²) in [6.07, 6.45) is 8.13. The fourth-order valence-corrected chi connectivity index (χ4v) is 6.19. The molecule has 0 saturated heterocycles. The SMILES string of the molecule is CCCCN(C(=O)NC1CCCCC1)c1cc(C)c2nc(CCC)n(Cc3ccc(-c4ccccc4OC(=O)O)cc3)c2c1. The van der Waals surface area contributed by atoms with Crippen molar-refractivity contribution in [2.45, 2.75) is 91.1 Å². The molecule has 1 fully saturated rings. The van der Waals surface area contributed by atoms with Crippen molar-refractivity contribution in [2.24, 2.45) is 0 Å². The number of ether oxygens (including phenoxy) is 1. The minimum atomic E-state index is -1.33. The molecule has 44 heavy (non-hydrogen) atoms. The number of amides is 2. The summed E-state index contributed by atoms with van der Waals surface area (Å²) in [5, 5.41) is 12.5. The van der Waals surface area contributed by atoms with Crippen LogP contribution in [0.25, 0.3) is 22.2 Å². The van der Waals surface area contributed by atoms with E-state index in [0.29, 0.717) is 18.8 Å². The predicted octanol–water partition coefficient (Wildman–Crippen LogP) is 8.72. The number of carbonyl (C=O) groups excluding carboxylic acids is 1. The number of nitrogens with zero attached hydrogens (tertiary/aromatic N) is 3. The van der Waals surface area contributed by atoms with Crippen molar-refractivity contribution >= 4 is 28.9 Å². The minimum Gasteiger partial charge on any atom is -0.449 e. The Labute approximate surface area is 260 Å². The summed E-state index contributed by atoms with van der Waals surface area (Å²) in [7, 11) is 0. The van der Waals surface area contributed by atoms with Gasteiger partial charge in [0.25, 0.3) is 0 Å². The summed E-state index contributed by atoms with van der Waals surface area (Å²) in [4.78, 5) is 31.8. The van der Waals surface area contributed by atoms with Gasteiger partial charge >= 0.3 is 12.2 Å². The van der Waals surface area contributed by atoms with Crippen molar-refractivity contribution in [1.82, 2.24) is 14.9 Å². The number of unbranched alkanes of at least 4 members (excludes halogenated alkanes) is 1. The van der Waals surface area contributed by atoms with E-state index in [1.54, 1.807) is 12.1 Å². The number of nitrogens with one attached hydrogen (secondary N) is 1. The zero-order chi connectivity index (χ0) is 31.1. The van der Waals surface area contributed by atoms with E-state index in [0.717, 1.165) is 83.3 Å². The minimum absolute atomic E-state index is 0.00769. The van der Waals surface area contributed by atoms with Crippen molar-refractivity contribution < 1.29 is 19.4 Å². The van der Waals surface area contributed by atoms with Gasteiger partial charge in [0, 0.05) is 36.8 Å². The number of carboxylic acid groups (broad SMARTS) is 1. The van der Waals surface area contributed by atoms with Crippen molar-refractivity contribution in [3.8, 4) is 16.9 Å². The van der Waals surface area contributed by atoms with Crippen LogP contribution in [0.4, 0.5) is 15.3 Å². The number of aromatic nitrogens is 2. The van der Waals surface area contributed by atoms with Gasteiger partial charge in [-0.1, -0.05) is 82.0 Å². The number of hydrogen-bond acceptors (Lipinski definition) is 4. The van der Waals surface area contributed by atoms with E-state index < -0.39 is 6.16 Å². The number of imidazole rings is 1. The summed E-state index contributed by atoms with van der Waals surface area (Å²) in [6, 6.07) is 19.8. The second-order valence-corrected chi connectivity index (χ2v) is 11.8. The van der Waals surface area contributed by atoms with Crippen LogP contribution in [0.15, 0.2) is 60.7 Å². The number of urea groups is 1. The first-order valence-electron chi connectivity index (χ1n) is 16.0. The molecule has 8 nitrogen and oxygen atoms in total. The van der Waals surface area contributed by atoms with Gasteiger partial charge in [-0.3, -0.25) is 4.90 Å². The lowest BCUT2D eigenvalue weighted by Gasteiger charge is -2.29. The molecule has 1 heterocycles. The standard InChI is InChI=1S/C36H44N4O4/c1-4-6-21-39(35(41)37-28-13-8-7-9-14-28)29-22-25(3)34-31(23-29)40(33(38-34)12-5-2)24-26-17-19-27(20-18-26)30-15-10-11-16-32(30)44-36(42)43/h10-11,15-20,22-23,28H,4-9,12-14,21,24H2,1-3H3,(H,37,41)(H,42,43). The van der Waals surface area contributed by atoms with Gasteiger partial charge in [-0.15, -0.1) is 0 Å². The van der Waals surface area contributed by atoms with Crippen LogP contribution in [0.3, 0.4) is 0 Å². The van der Waals surface area contributed by atoms with Crippen LogP contribution in [0.5, 0.6) is 5.75 Å². The van der Waals surface area contributed by atoms with Crippen LogP contribution >= 0.6 is 0 Å². The maximum Gasteiger partial charge on any atom is 0.511 e. The lowest BCUT2D eigenvalue weighted by molar-refractivity contribution is 0.144. The smallest absolute Gasteiger partial charge is 0.449 e. The zero-order valence-corrected chi connectivity index (χ0v) is 26.1. The molecule has 1 saturated carbocycles. The lowest BCUT2D eigenvalue weighted by atomic mass is 9.96. The van der Waals surface area contributed by atoms with E-state index in [1.807, 2.05) is 29.2 Å². The summed E-state index contributed by atoms with van der Waals surface area (Å²) in [6.45, 7) is 7.70. The third-order valence-electron chi connectivity index (χ3n) is 8.50. The first-order chi connectivity index (χ1) is 21.4. The van der Waals surface area contributed by atoms with Crippen molar-refractivity contribution in [2.75, 3.05) is 11.4 Å². The molecule has 1 aromatic heterocycles. The van der Waals surface area contributed by atoms with E-state index in [1.165, 1.54) is 19.3 Å². The van der Waals surface area contributed by atoms with Gasteiger partial charge in [0.2, 0.25) is 0 Å². The topological polar surface area (TPSA) is 96.7 Å². The Kier molecular flexibility index (Phi) is 10.2. The van der Waals surface area contributed by atoms with Gasteiger partial charge in [0.15, 0.2) is 0 Å². The zero-order valence-electron chi connectivity index (χ0n) is 26.1. The average Bonchev–Trinajstić information content (AvgIpc) is 3.35. The van der Waals surface area contributed by atoms with Gasteiger partial charge in [0.1, 0.15) is 11.6 Å². The Hall–Kier alpha value is -4.33. The molecule has 2 N–H and O–H groups in total. The number of para-hydroxylation sites is 1. The van der Waals surface area contributed by atoms with Gasteiger partial charge in [-0.05, 0) is 67.5 Å². The molecular weight excluding hydrogens is 552 g/mol. The third kappa shape index (κ3) is 7.24. The van der Waals surface area contributed by atoms with Gasteiger partial charge in [0.05, 0.1) is 11.0 Å². The number of hydrogen-bond donors (Lipinski definition) is 2. The van der Waals surface area contributed by atoms with Crippen LogP contribution in [0.2, 0.25) is 0 Å². The Morgan fingerprint density at radius 2 is 1.77 bits per heavy atom. The van der Waals surface area contributed by atoms with E-state index in [2.05, 4.69) is 54.9 Å². The molecule has 3 aromatic carbocycles. The van der Waals surface area contributed by atoms with Crippen molar-refractivity contribution in [1.29, 1.82) is 0 Å². The molecule has 0 spiro atoms. The highest BCUT2D eigenvalue weighted by molar-refractivity contribution is 5.95. The van der Waals surface area contributed by atoms with Crippen LogP contribution in [-0.2, 0) is 13.0 Å². The normalized spacial score (nSPS) is 13.6. The van der Waals surface area contributed by atoms with Crippen molar-refractivity contribution in [3.63, 3.8) is 0 Å². The van der Waals surface area contributed by atoms with Crippen molar-refractivity contribution in [3.05, 3.63) is 77.6 Å². The number of benzene rings is 3. The molecule has 0 radical (unpaired) electrons. The molecule has 0 aliphatic heterocycles. The first kappa shape index (κ1) is 31.1.